The van der Waals surface area contributed by atoms with Crippen LogP contribution in [-0.2, 0) is 23.7 Å². The number of carbonyl (C=O) groups is 1. The van der Waals surface area contributed by atoms with E-state index in [-0.39, 0.29) is 38.6 Å². The van der Waals surface area contributed by atoms with Gasteiger partial charge in [-0.1, -0.05) is 0 Å². The van der Waals surface area contributed by atoms with Gasteiger partial charge in [0.25, 0.3) is 0 Å². The van der Waals surface area contributed by atoms with Crippen LogP contribution in [0.3, 0.4) is 0 Å². The molecule has 0 aromatic rings. The molecule has 16 N–H and O–H groups in total. The lowest BCUT2D eigenvalue weighted by molar-refractivity contribution is -0.331. The van der Waals surface area contributed by atoms with E-state index in [1.807, 2.05) is 0 Å². The number of amides is 1. The summed E-state index contributed by atoms with van der Waals surface area (Å²) in [5.74, 6) is -0.400. The Balaban J connectivity index is 1.49. The molecule has 268 valence electrons. The van der Waals surface area contributed by atoms with E-state index in [1.54, 1.807) is 0 Å². The van der Waals surface area contributed by atoms with Crippen LogP contribution in [0.2, 0.25) is 0 Å². The molecule has 0 bridgehead atoms. The first kappa shape index (κ1) is 37.6. The van der Waals surface area contributed by atoms with Crippen molar-refractivity contribution in [2.75, 3.05) is 33.3 Å². The van der Waals surface area contributed by atoms with Crippen molar-refractivity contribution in [2.45, 2.75) is 130 Å². The van der Waals surface area contributed by atoms with Gasteiger partial charge in [0.15, 0.2) is 12.6 Å². The number of carbonyl (C=O) groups excluding carboxylic acids is 1. The zero-order valence-corrected chi connectivity index (χ0v) is 26.3. The second kappa shape index (κ2) is 16.0. The minimum absolute atomic E-state index is 0.0247. The third-order valence-corrected chi connectivity index (χ3v) is 9.53. The predicted octanol–water partition coefficient (Wildman–Crippen LogP) is -6.77. The number of hydrogen-bond acceptors (Lipinski definition) is 17. The van der Waals surface area contributed by atoms with E-state index in [0.717, 1.165) is 12.8 Å². The smallest absolute Gasteiger partial charge is 0.249 e. The van der Waals surface area contributed by atoms with Crippen LogP contribution < -0.4 is 33.2 Å². The van der Waals surface area contributed by atoms with Crippen molar-refractivity contribution in [1.29, 1.82) is 0 Å². The zero-order chi connectivity index (χ0) is 33.9. The first-order valence-corrected chi connectivity index (χ1v) is 16.0. The molecule has 2 saturated carbocycles. The second-order valence-corrected chi connectivity index (χ2v) is 13.4. The lowest BCUT2D eigenvalue weighted by atomic mass is 9.81. The van der Waals surface area contributed by atoms with Crippen molar-refractivity contribution in [2.24, 2.45) is 23.1 Å². The van der Waals surface area contributed by atoms with Gasteiger partial charge in [-0.25, -0.2) is 0 Å². The molecule has 18 heteroatoms. The number of aliphatic hydroxyl groups is 7. The molecule has 1 amide bonds. The second-order valence-electron chi connectivity index (χ2n) is 13.4. The SMILES string of the molecule is CN[C@@H]1[C@@H](O)[C@@H](O[C@H]2[C@H](NC(=O)[C@@H](O)CCN)C[C@H](N)C(O[C@H]3O[C@H](CNCC4CC(N)C4)[C@@H](O)[C@H](O)[C@H]3O)[C@@H]2O)OC[C@]1(C)O. The average molecular weight is 667 g/mol. The summed E-state index contributed by atoms with van der Waals surface area (Å²) in [5.41, 5.74) is 16.3. The normalized spacial score (nSPS) is 47.2. The highest BCUT2D eigenvalue weighted by Crippen LogP contribution is 2.33. The van der Waals surface area contributed by atoms with E-state index in [2.05, 4.69) is 16.0 Å². The van der Waals surface area contributed by atoms with Crippen molar-refractivity contribution in [3.63, 3.8) is 0 Å². The Labute approximate surface area is 267 Å². The quantitative estimate of drug-likeness (QED) is 0.0868. The van der Waals surface area contributed by atoms with Crippen LogP contribution in [-0.4, -0.2) is 172 Å². The van der Waals surface area contributed by atoms with Crippen LogP contribution in [0.5, 0.6) is 0 Å². The molecule has 2 aliphatic carbocycles. The van der Waals surface area contributed by atoms with Gasteiger partial charge < -0.3 is 87.8 Å². The minimum Gasteiger partial charge on any atom is -0.388 e. The van der Waals surface area contributed by atoms with E-state index in [1.165, 1.54) is 14.0 Å². The molecule has 0 aromatic heterocycles. The van der Waals surface area contributed by atoms with Gasteiger partial charge in [-0.05, 0) is 58.7 Å². The Kier molecular flexibility index (Phi) is 13.1. The maximum absolute atomic E-state index is 12.7. The number of nitrogens with one attached hydrogen (secondary N) is 3. The molecule has 0 spiro atoms. The van der Waals surface area contributed by atoms with Crippen LogP contribution in [0.1, 0.15) is 32.6 Å². The number of aliphatic hydroxyl groups excluding tert-OH is 6. The highest BCUT2D eigenvalue weighted by molar-refractivity contribution is 5.80. The largest absolute Gasteiger partial charge is 0.388 e. The molecule has 46 heavy (non-hydrogen) atoms. The van der Waals surface area contributed by atoms with Gasteiger partial charge in [0.05, 0.1) is 18.7 Å². The highest BCUT2D eigenvalue weighted by Gasteiger charge is 2.53. The summed E-state index contributed by atoms with van der Waals surface area (Å²) < 4.78 is 23.5. The Hall–Kier alpha value is -1.17. The summed E-state index contributed by atoms with van der Waals surface area (Å²) in [5, 5.41) is 83.9. The fraction of sp³-hybridized carbons (Fsp3) is 0.964. The van der Waals surface area contributed by atoms with Crippen molar-refractivity contribution in [3.05, 3.63) is 0 Å². The van der Waals surface area contributed by atoms with Crippen LogP contribution in [0.15, 0.2) is 0 Å². The van der Waals surface area contributed by atoms with Crippen molar-refractivity contribution >= 4 is 5.91 Å². The maximum Gasteiger partial charge on any atom is 0.249 e. The third kappa shape index (κ3) is 8.51. The average Bonchev–Trinajstić information content (AvgIpc) is 2.98. The fourth-order valence-corrected chi connectivity index (χ4v) is 6.76. The molecule has 4 rings (SSSR count). The molecule has 4 fully saturated rings. The van der Waals surface area contributed by atoms with E-state index < -0.39 is 97.1 Å². The Morgan fingerprint density at radius 2 is 1.63 bits per heavy atom. The fourth-order valence-electron chi connectivity index (χ4n) is 6.76. The summed E-state index contributed by atoms with van der Waals surface area (Å²) in [7, 11) is 1.54. The van der Waals surface area contributed by atoms with E-state index in [4.69, 9.17) is 36.1 Å². The third-order valence-electron chi connectivity index (χ3n) is 9.53. The van der Waals surface area contributed by atoms with Gasteiger partial charge in [-0.3, -0.25) is 4.79 Å². The van der Waals surface area contributed by atoms with Gasteiger partial charge in [0.2, 0.25) is 5.91 Å². The summed E-state index contributed by atoms with van der Waals surface area (Å²) in [4.78, 5) is 12.7. The lowest BCUT2D eigenvalue weighted by Gasteiger charge is -2.49. The van der Waals surface area contributed by atoms with Gasteiger partial charge in [-0.15, -0.1) is 0 Å². The number of hydrogen-bond donors (Lipinski definition) is 13. The van der Waals surface area contributed by atoms with Crippen LogP contribution in [0.4, 0.5) is 0 Å². The van der Waals surface area contributed by atoms with Gasteiger partial charge in [-0.2, -0.15) is 0 Å². The number of rotatable bonds is 13. The molecule has 1 unspecified atom stereocenters. The molecule has 0 radical (unpaired) electrons. The van der Waals surface area contributed by atoms with Crippen LogP contribution in [0, 0.1) is 5.92 Å². The van der Waals surface area contributed by atoms with Gasteiger partial charge in [0.1, 0.15) is 60.5 Å². The van der Waals surface area contributed by atoms with Crippen LogP contribution >= 0.6 is 0 Å². The standard InChI is InChI=1S/C28H54N6O12/c1-28(42)10-43-26(21(40)24(28)32-2)46-23-14(34-25(41)15(35)3-4-29)7-13(31)22(20(23)39)45-27-19(38)18(37)17(36)16(44-27)9-33-8-11-5-12(30)6-11/h11-24,26-27,32-33,35-40,42H,3-10,29-31H2,1-2H3,(H,34,41)/t11?,12?,13-,14+,15-,16+,17+,18-,19+,20-,21+,22?,23-,24+,26+,27+,28-/m0/s1. The van der Waals surface area contributed by atoms with Gasteiger partial charge in [0, 0.05) is 18.6 Å². The van der Waals surface area contributed by atoms with Crippen molar-refractivity contribution in [1.82, 2.24) is 16.0 Å². The van der Waals surface area contributed by atoms with Gasteiger partial charge >= 0.3 is 0 Å². The lowest BCUT2D eigenvalue weighted by Crippen LogP contribution is -2.70. The Morgan fingerprint density at radius 3 is 2.26 bits per heavy atom. The molecular weight excluding hydrogens is 612 g/mol. The monoisotopic (exact) mass is 666 g/mol. The zero-order valence-electron chi connectivity index (χ0n) is 26.3. The van der Waals surface area contributed by atoms with Crippen molar-refractivity contribution < 1.29 is 59.5 Å². The summed E-state index contributed by atoms with van der Waals surface area (Å²) >= 11 is 0. The molecule has 2 aliphatic heterocycles. The first-order chi connectivity index (χ1) is 21.7. The topological polar surface area (TPSA) is 310 Å². The number of likely N-dealkylation sites (N-methyl/N-ethyl adjacent to an activating group) is 1. The number of nitrogens with two attached hydrogens (primary N) is 3. The summed E-state index contributed by atoms with van der Waals surface area (Å²) in [6, 6.07) is -2.72. The molecule has 18 nitrogen and oxygen atoms in total. The Morgan fingerprint density at radius 1 is 0.957 bits per heavy atom. The Bertz CT molecular complexity index is 981. The minimum atomic E-state index is -1.71. The van der Waals surface area contributed by atoms with E-state index in [9.17, 15) is 40.5 Å². The van der Waals surface area contributed by atoms with E-state index >= 15 is 0 Å². The molecule has 2 heterocycles. The molecule has 0 aromatic carbocycles. The van der Waals surface area contributed by atoms with Crippen molar-refractivity contribution in [3.8, 4) is 0 Å². The number of ether oxygens (including phenoxy) is 4. The summed E-state index contributed by atoms with van der Waals surface area (Å²) in [6.07, 6.45) is -14.1. The molecule has 15 atom stereocenters. The molecule has 2 saturated heterocycles. The highest BCUT2D eigenvalue weighted by atomic mass is 16.7. The first-order valence-electron chi connectivity index (χ1n) is 16.0. The predicted molar refractivity (Wildman–Crippen MR) is 159 cm³/mol. The maximum atomic E-state index is 12.7. The summed E-state index contributed by atoms with van der Waals surface area (Å²) in [6.45, 7) is 2.04. The van der Waals surface area contributed by atoms with E-state index in [0.29, 0.717) is 12.5 Å². The van der Waals surface area contributed by atoms with Crippen LogP contribution in [0.25, 0.3) is 0 Å². The molecular formula is C28H54N6O12. The molecule has 4 aliphatic rings.